The van der Waals surface area contributed by atoms with E-state index in [0.717, 1.165) is 63.0 Å². The first-order valence-corrected chi connectivity index (χ1v) is 12.4. The van der Waals surface area contributed by atoms with Crippen LogP contribution in [0.3, 0.4) is 0 Å². The molecule has 1 aromatic heterocycles. The van der Waals surface area contributed by atoms with E-state index >= 15 is 0 Å². The van der Waals surface area contributed by atoms with Gasteiger partial charge in [0.25, 0.3) is 0 Å². The smallest absolute Gasteiger partial charge is 0.221 e. The number of piperidine rings is 1. The number of benzene rings is 1. The first-order chi connectivity index (χ1) is 16.1. The van der Waals surface area contributed by atoms with Crippen molar-refractivity contribution in [3.63, 3.8) is 0 Å². The minimum Gasteiger partial charge on any atom is -0.494 e. The Labute approximate surface area is 199 Å². The maximum Gasteiger partial charge on any atom is 0.221 e. The highest BCUT2D eigenvalue weighted by molar-refractivity contribution is 5.28. The van der Waals surface area contributed by atoms with Gasteiger partial charge in [0, 0.05) is 26.7 Å². The number of anilines is 1. The molecular weight excluding hydrogens is 416 g/mol. The quantitative estimate of drug-likeness (QED) is 0.410. The van der Waals surface area contributed by atoms with Gasteiger partial charge in [-0.1, -0.05) is 18.6 Å². The van der Waals surface area contributed by atoms with Crippen LogP contribution in [0.25, 0.3) is 0 Å². The Bertz CT molecular complexity index is 804. The third-order valence-corrected chi connectivity index (χ3v) is 5.81. The van der Waals surface area contributed by atoms with Gasteiger partial charge in [0.05, 0.1) is 6.61 Å². The first kappa shape index (κ1) is 25.5. The Kier molecular flexibility index (Phi) is 10.9. The maximum atomic E-state index is 5.98. The second-order valence-electron chi connectivity index (χ2n) is 9.15. The van der Waals surface area contributed by atoms with Crippen LogP contribution in [0.2, 0.25) is 0 Å². The van der Waals surface area contributed by atoms with Crippen molar-refractivity contribution in [1.82, 2.24) is 24.6 Å². The molecule has 8 nitrogen and oxygen atoms in total. The molecule has 0 bridgehead atoms. The van der Waals surface area contributed by atoms with Gasteiger partial charge in [0.1, 0.15) is 12.4 Å². The summed E-state index contributed by atoms with van der Waals surface area (Å²) in [5.41, 5.74) is 1.33. The number of hydrogen-bond donors (Lipinski definition) is 1. The van der Waals surface area contributed by atoms with E-state index in [9.17, 15) is 0 Å². The van der Waals surface area contributed by atoms with Gasteiger partial charge in [0.2, 0.25) is 5.95 Å². The topological polar surface area (TPSA) is 67.7 Å². The standard InChI is InChI=1S/C25H42N6O2/c1-29(2)14-7-8-17-32-21-24-27-25(30(3)28-24)26-13-10-18-33-23-12-9-11-22(19-23)20-31-15-5-4-6-16-31/h9,11-12,19H,4-8,10,13-18,20-21H2,1-3H3,(H,26,27,28). The lowest BCUT2D eigenvalue weighted by Gasteiger charge is -2.26. The molecule has 1 aliphatic rings. The van der Waals surface area contributed by atoms with Crippen molar-refractivity contribution in [3.8, 4) is 5.75 Å². The van der Waals surface area contributed by atoms with Crippen LogP contribution in [0, 0.1) is 0 Å². The fourth-order valence-corrected chi connectivity index (χ4v) is 4.02. The largest absolute Gasteiger partial charge is 0.494 e. The number of rotatable bonds is 15. The summed E-state index contributed by atoms with van der Waals surface area (Å²) in [6, 6.07) is 8.51. The Hall–Kier alpha value is -2.16. The first-order valence-electron chi connectivity index (χ1n) is 12.4. The molecule has 0 atom stereocenters. The molecule has 1 fully saturated rings. The summed E-state index contributed by atoms with van der Waals surface area (Å²) >= 11 is 0. The molecular formula is C25H42N6O2. The van der Waals surface area contributed by atoms with E-state index in [2.05, 4.69) is 57.5 Å². The van der Waals surface area contributed by atoms with Gasteiger partial charge in [0.15, 0.2) is 5.82 Å². The molecule has 184 valence electrons. The van der Waals surface area contributed by atoms with Crippen molar-refractivity contribution in [2.24, 2.45) is 7.05 Å². The van der Waals surface area contributed by atoms with Gasteiger partial charge >= 0.3 is 0 Å². The highest BCUT2D eigenvalue weighted by Crippen LogP contribution is 2.18. The van der Waals surface area contributed by atoms with Crippen LogP contribution >= 0.6 is 0 Å². The van der Waals surface area contributed by atoms with Gasteiger partial charge in [-0.15, -0.1) is 0 Å². The molecule has 1 N–H and O–H groups in total. The van der Waals surface area contributed by atoms with E-state index in [4.69, 9.17) is 9.47 Å². The summed E-state index contributed by atoms with van der Waals surface area (Å²) in [4.78, 5) is 9.27. The second-order valence-corrected chi connectivity index (χ2v) is 9.15. The van der Waals surface area contributed by atoms with E-state index in [1.807, 2.05) is 13.1 Å². The minimum atomic E-state index is 0.453. The van der Waals surface area contributed by atoms with E-state index in [0.29, 0.717) is 13.2 Å². The molecule has 1 aliphatic heterocycles. The van der Waals surface area contributed by atoms with Crippen LogP contribution in [0.4, 0.5) is 5.95 Å². The number of unbranched alkanes of at least 4 members (excludes halogenated alkanes) is 1. The summed E-state index contributed by atoms with van der Waals surface area (Å²) in [5, 5.41) is 7.79. The molecule has 0 amide bonds. The van der Waals surface area contributed by atoms with Gasteiger partial charge in [-0.2, -0.15) is 10.1 Å². The molecule has 0 radical (unpaired) electrons. The number of nitrogens with zero attached hydrogens (tertiary/aromatic N) is 5. The molecule has 33 heavy (non-hydrogen) atoms. The van der Waals surface area contributed by atoms with Crippen molar-refractivity contribution in [3.05, 3.63) is 35.7 Å². The number of hydrogen-bond acceptors (Lipinski definition) is 7. The lowest BCUT2D eigenvalue weighted by molar-refractivity contribution is 0.110. The lowest BCUT2D eigenvalue weighted by Crippen LogP contribution is -2.29. The molecule has 0 saturated carbocycles. The Morgan fingerprint density at radius 2 is 1.91 bits per heavy atom. The van der Waals surface area contributed by atoms with E-state index in [1.165, 1.54) is 37.9 Å². The molecule has 1 saturated heterocycles. The third-order valence-electron chi connectivity index (χ3n) is 5.81. The number of ether oxygens (including phenoxy) is 2. The molecule has 1 aromatic carbocycles. The van der Waals surface area contributed by atoms with Crippen molar-refractivity contribution >= 4 is 5.95 Å². The van der Waals surface area contributed by atoms with Gasteiger partial charge in [-0.25, -0.2) is 4.68 Å². The third kappa shape index (κ3) is 9.70. The molecule has 3 rings (SSSR count). The summed E-state index contributed by atoms with van der Waals surface area (Å²) in [6.45, 7) is 7.18. The highest BCUT2D eigenvalue weighted by atomic mass is 16.5. The normalized spacial score (nSPS) is 14.7. The van der Waals surface area contributed by atoms with Crippen molar-refractivity contribution in [2.75, 3.05) is 58.8 Å². The molecule has 0 unspecified atom stereocenters. The predicted octanol–water partition coefficient (Wildman–Crippen LogP) is 3.54. The maximum absolute atomic E-state index is 5.98. The van der Waals surface area contributed by atoms with E-state index in [1.54, 1.807) is 4.68 Å². The fourth-order valence-electron chi connectivity index (χ4n) is 4.02. The average Bonchev–Trinajstić information content (AvgIpc) is 3.16. The van der Waals surface area contributed by atoms with Crippen LogP contribution in [0.15, 0.2) is 24.3 Å². The Morgan fingerprint density at radius 1 is 1.06 bits per heavy atom. The molecule has 0 spiro atoms. The summed E-state index contributed by atoms with van der Waals surface area (Å²) in [6.07, 6.45) is 7.09. The number of aryl methyl sites for hydroxylation is 1. The fraction of sp³-hybridized carbons (Fsp3) is 0.680. The van der Waals surface area contributed by atoms with E-state index < -0.39 is 0 Å². The monoisotopic (exact) mass is 458 g/mol. The zero-order chi connectivity index (χ0) is 23.3. The zero-order valence-electron chi connectivity index (χ0n) is 20.8. The minimum absolute atomic E-state index is 0.453. The number of nitrogens with one attached hydrogen (secondary N) is 1. The molecule has 8 heteroatoms. The SMILES string of the molecule is CN(C)CCCCOCc1nc(NCCCOc2cccc(CN3CCCCC3)c2)n(C)n1. The van der Waals surface area contributed by atoms with Crippen molar-refractivity contribution < 1.29 is 9.47 Å². The number of likely N-dealkylation sites (tertiary alicyclic amines) is 1. The lowest BCUT2D eigenvalue weighted by atomic mass is 10.1. The Morgan fingerprint density at radius 3 is 2.73 bits per heavy atom. The zero-order valence-corrected chi connectivity index (χ0v) is 20.8. The summed E-state index contributed by atoms with van der Waals surface area (Å²) < 4.78 is 13.5. The molecule has 2 heterocycles. The molecule has 2 aromatic rings. The Balaban J connectivity index is 1.30. The second kappa shape index (κ2) is 14.2. The van der Waals surface area contributed by atoms with Gasteiger partial charge in [-0.05, 0) is 83.5 Å². The van der Waals surface area contributed by atoms with Crippen molar-refractivity contribution in [1.29, 1.82) is 0 Å². The van der Waals surface area contributed by atoms with Crippen molar-refractivity contribution in [2.45, 2.75) is 51.7 Å². The van der Waals surface area contributed by atoms with E-state index in [-0.39, 0.29) is 0 Å². The van der Waals surface area contributed by atoms with Gasteiger partial charge < -0.3 is 19.7 Å². The van der Waals surface area contributed by atoms with Crippen LogP contribution in [-0.4, -0.2) is 78.1 Å². The highest BCUT2D eigenvalue weighted by Gasteiger charge is 2.11. The number of aromatic nitrogens is 3. The van der Waals surface area contributed by atoms with Crippen LogP contribution in [-0.2, 0) is 24.9 Å². The summed E-state index contributed by atoms with van der Waals surface area (Å²) in [5.74, 6) is 2.44. The van der Waals surface area contributed by atoms with Crippen LogP contribution < -0.4 is 10.1 Å². The predicted molar refractivity (Wildman–Crippen MR) is 133 cm³/mol. The average molecular weight is 459 g/mol. The van der Waals surface area contributed by atoms with Crippen LogP contribution in [0.5, 0.6) is 5.75 Å². The van der Waals surface area contributed by atoms with Crippen LogP contribution in [0.1, 0.15) is 49.9 Å². The van der Waals surface area contributed by atoms with Gasteiger partial charge in [-0.3, -0.25) is 4.90 Å². The summed E-state index contributed by atoms with van der Waals surface area (Å²) in [7, 11) is 6.09. The molecule has 0 aliphatic carbocycles.